The molecule has 0 saturated carbocycles. The molecule has 0 amide bonds. The molecule has 1 aromatic carbocycles. The molecule has 0 bridgehead atoms. The molecule has 92 valence electrons. The van der Waals surface area contributed by atoms with Gasteiger partial charge in [0.25, 0.3) is 0 Å². The molecule has 0 heterocycles. The normalized spacial score (nSPS) is 9.71. The van der Waals surface area contributed by atoms with Gasteiger partial charge in [0.2, 0.25) is 5.96 Å². The van der Waals surface area contributed by atoms with E-state index in [0.717, 1.165) is 18.5 Å². The van der Waals surface area contributed by atoms with Crippen LogP contribution in [0.3, 0.4) is 0 Å². The lowest BCUT2D eigenvalue weighted by atomic mass is 10.2. The minimum Gasteiger partial charge on any atom is -0.370 e. The van der Waals surface area contributed by atoms with Crippen molar-refractivity contribution in [1.29, 1.82) is 5.41 Å². The number of aliphatic imine (C=N–C) groups is 1. The molecule has 17 heavy (non-hydrogen) atoms. The molecular weight excluding hydrogens is 214 g/mol. The van der Waals surface area contributed by atoms with Crippen molar-refractivity contribution in [2.45, 2.75) is 19.9 Å². The van der Waals surface area contributed by atoms with E-state index in [2.05, 4.69) is 11.9 Å². The molecule has 5 heteroatoms. The van der Waals surface area contributed by atoms with E-state index in [0.29, 0.717) is 6.54 Å². The SMILES string of the molecule is CCCN(Cc1ccccc1)C(=N)N=C(N)N. The van der Waals surface area contributed by atoms with Gasteiger partial charge < -0.3 is 16.4 Å². The Morgan fingerprint density at radius 2 is 1.94 bits per heavy atom. The number of benzene rings is 1. The number of rotatable bonds is 4. The van der Waals surface area contributed by atoms with Crippen LogP contribution in [0.15, 0.2) is 35.3 Å². The van der Waals surface area contributed by atoms with Crippen molar-refractivity contribution in [2.75, 3.05) is 6.54 Å². The zero-order valence-corrected chi connectivity index (χ0v) is 10.1. The smallest absolute Gasteiger partial charge is 0.221 e. The van der Waals surface area contributed by atoms with E-state index in [1.54, 1.807) is 0 Å². The Kier molecular flexibility index (Phi) is 5.00. The second-order valence-corrected chi connectivity index (χ2v) is 3.77. The average Bonchev–Trinajstić information content (AvgIpc) is 2.29. The van der Waals surface area contributed by atoms with Gasteiger partial charge in [-0.2, -0.15) is 4.99 Å². The fourth-order valence-corrected chi connectivity index (χ4v) is 1.53. The van der Waals surface area contributed by atoms with Crippen LogP contribution in [0.25, 0.3) is 0 Å². The van der Waals surface area contributed by atoms with E-state index < -0.39 is 0 Å². The molecule has 5 N–H and O–H groups in total. The first-order valence-corrected chi connectivity index (χ1v) is 5.60. The predicted molar refractivity (Wildman–Crippen MR) is 70.7 cm³/mol. The van der Waals surface area contributed by atoms with Crippen molar-refractivity contribution in [3.63, 3.8) is 0 Å². The van der Waals surface area contributed by atoms with Gasteiger partial charge in [-0.15, -0.1) is 0 Å². The van der Waals surface area contributed by atoms with Crippen LogP contribution in [0.2, 0.25) is 0 Å². The Hall–Kier alpha value is -2.04. The van der Waals surface area contributed by atoms with Gasteiger partial charge in [-0.3, -0.25) is 5.41 Å². The summed E-state index contributed by atoms with van der Waals surface area (Å²) in [6.07, 6.45) is 0.940. The van der Waals surface area contributed by atoms with E-state index in [9.17, 15) is 0 Å². The standard InChI is InChI=1S/C12H19N5/c1-2-8-17(12(15)16-11(13)14)9-10-6-4-3-5-7-10/h3-7H,2,8-9H2,1H3,(H5,13,14,15,16). The summed E-state index contributed by atoms with van der Waals surface area (Å²) >= 11 is 0. The molecule has 0 aromatic heterocycles. The third-order valence-electron chi connectivity index (χ3n) is 2.24. The summed E-state index contributed by atoms with van der Waals surface area (Å²) in [5.41, 5.74) is 11.7. The summed E-state index contributed by atoms with van der Waals surface area (Å²) in [7, 11) is 0. The lowest BCUT2D eigenvalue weighted by Gasteiger charge is -2.22. The summed E-state index contributed by atoms with van der Waals surface area (Å²) < 4.78 is 0. The fraction of sp³-hybridized carbons (Fsp3) is 0.333. The largest absolute Gasteiger partial charge is 0.370 e. The van der Waals surface area contributed by atoms with E-state index >= 15 is 0 Å². The van der Waals surface area contributed by atoms with Crippen LogP contribution < -0.4 is 11.5 Å². The van der Waals surface area contributed by atoms with Gasteiger partial charge in [-0.25, -0.2) is 0 Å². The molecule has 0 saturated heterocycles. The van der Waals surface area contributed by atoms with E-state index in [1.165, 1.54) is 0 Å². The number of guanidine groups is 2. The van der Waals surface area contributed by atoms with E-state index in [1.807, 2.05) is 35.2 Å². The summed E-state index contributed by atoms with van der Waals surface area (Å²) in [4.78, 5) is 5.62. The van der Waals surface area contributed by atoms with Gasteiger partial charge >= 0.3 is 0 Å². The minimum atomic E-state index is -0.0795. The van der Waals surface area contributed by atoms with Gasteiger partial charge in [0.1, 0.15) is 0 Å². The van der Waals surface area contributed by atoms with Crippen LogP contribution in [0, 0.1) is 5.41 Å². The highest BCUT2D eigenvalue weighted by molar-refractivity contribution is 5.91. The number of hydrogen-bond donors (Lipinski definition) is 3. The van der Waals surface area contributed by atoms with Gasteiger partial charge in [-0.1, -0.05) is 37.3 Å². The van der Waals surface area contributed by atoms with Crippen LogP contribution in [-0.2, 0) is 6.54 Å². The third kappa shape index (κ3) is 4.55. The summed E-state index contributed by atoms with van der Waals surface area (Å²) in [6, 6.07) is 9.96. The fourth-order valence-electron chi connectivity index (χ4n) is 1.53. The molecule has 1 aromatic rings. The van der Waals surface area contributed by atoms with Gasteiger partial charge in [0.05, 0.1) is 0 Å². The highest BCUT2D eigenvalue weighted by Crippen LogP contribution is 2.06. The molecule has 1 rings (SSSR count). The van der Waals surface area contributed by atoms with Crippen molar-refractivity contribution in [3.05, 3.63) is 35.9 Å². The van der Waals surface area contributed by atoms with Gasteiger partial charge in [0.15, 0.2) is 5.96 Å². The van der Waals surface area contributed by atoms with Gasteiger partial charge in [-0.05, 0) is 12.0 Å². The Morgan fingerprint density at radius 1 is 1.29 bits per heavy atom. The zero-order chi connectivity index (χ0) is 12.7. The lowest BCUT2D eigenvalue weighted by molar-refractivity contribution is 0.405. The zero-order valence-electron chi connectivity index (χ0n) is 10.1. The number of hydrogen-bond acceptors (Lipinski definition) is 1. The van der Waals surface area contributed by atoms with Crippen LogP contribution in [-0.4, -0.2) is 23.4 Å². The van der Waals surface area contributed by atoms with Crippen molar-refractivity contribution < 1.29 is 0 Å². The minimum absolute atomic E-state index is 0.0795. The molecule has 0 aliphatic heterocycles. The maximum atomic E-state index is 7.81. The summed E-state index contributed by atoms with van der Waals surface area (Å²) in [5, 5.41) is 7.81. The van der Waals surface area contributed by atoms with Crippen molar-refractivity contribution in [1.82, 2.24) is 4.90 Å². The average molecular weight is 233 g/mol. The number of nitrogens with zero attached hydrogens (tertiary/aromatic N) is 2. The maximum absolute atomic E-state index is 7.81. The topological polar surface area (TPSA) is 91.5 Å². The predicted octanol–water partition coefficient (Wildman–Crippen LogP) is 1.11. The molecule has 0 aliphatic rings. The highest BCUT2D eigenvalue weighted by Gasteiger charge is 2.08. The molecule has 0 fully saturated rings. The van der Waals surface area contributed by atoms with Crippen LogP contribution in [0.5, 0.6) is 0 Å². The molecular formula is C12H19N5. The van der Waals surface area contributed by atoms with Crippen molar-refractivity contribution in [3.8, 4) is 0 Å². The van der Waals surface area contributed by atoms with Crippen LogP contribution in [0.4, 0.5) is 0 Å². The number of nitrogens with two attached hydrogens (primary N) is 2. The molecule has 0 radical (unpaired) electrons. The first kappa shape index (κ1) is 13.0. The molecule has 0 atom stereocenters. The van der Waals surface area contributed by atoms with Crippen molar-refractivity contribution in [2.24, 2.45) is 16.5 Å². The second kappa shape index (κ2) is 6.52. The van der Waals surface area contributed by atoms with E-state index in [-0.39, 0.29) is 11.9 Å². The molecule has 5 nitrogen and oxygen atoms in total. The van der Waals surface area contributed by atoms with E-state index in [4.69, 9.17) is 16.9 Å². The second-order valence-electron chi connectivity index (χ2n) is 3.77. The quantitative estimate of drug-likeness (QED) is 0.537. The van der Waals surface area contributed by atoms with Crippen molar-refractivity contribution >= 4 is 11.9 Å². The molecule has 0 unspecified atom stereocenters. The first-order chi connectivity index (χ1) is 8.13. The molecule has 0 aliphatic carbocycles. The van der Waals surface area contributed by atoms with Crippen LogP contribution in [0.1, 0.15) is 18.9 Å². The highest BCUT2D eigenvalue weighted by atomic mass is 15.3. The molecule has 0 spiro atoms. The number of nitrogens with one attached hydrogen (secondary N) is 1. The van der Waals surface area contributed by atoms with Crippen LogP contribution >= 0.6 is 0 Å². The maximum Gasteiger partial charge on any atom is 0.221 e. The van der Waals surface area contributed by atoms with Gasteiger partial charge in [0, 0.05) is 13.1 Å². The Bertz CT molecular complexity index is 381. The first-order valence-electron chi connectivity index (χ1n) is 5.60. The summed E-state index contributed by atoms with van der Waals surface area (Å²) in [6.45, 7) is 3.45. The summed E-state index contributed by atoms with van der Waals surface area (Å²) in [5.74, 6) is 0.0277. The monoisotopic (exact) mass is 233 g/mol. The Balaban J connectivity index is 2.73. The third-order valence-corrected chi connectivity index (χ3v) is 2.24. The Labute approximate surface area is 102 Å². The lowest BCUT2D eigenvalue weighted by Crippen LogP contribution is -2.33. The Morgan fingerprint density at radius 3 is 2.47 bits per heavy atom.